The van der Waals surface area contributed by atoms with E-state index in [4.69, 9.17) is 11.6 Å². The third kappa shape index (κ3) is 5.02. The van der Waals surface area contributed by atoms with Crippen molar-refractivity contribution in [2.45, 2.75) is 26.3 Å². The summed E-state index contributed by atoms with van der Waals surface area (Å²) in [4.78, 5) is 15.6. The van der Waals surface area contributed by atoms with Gasteiger partial charge in [-0.05, 0) is 35.5 Å². The van der Waals surface area contributed by atoms with Gasteiger partial charge in [-0.1, -0.05) is 18.5 Å². The monoisotopic (exact) mass is 319 g/mol. The summed E-state index contributed by atoms with van der Waals surface area (Å²) in [7, 11) is 0. The molecule has 94 valence electrons. The van der Waals surface area contributed by atoms with Gasteiger partial charge in [0.05, 0.1) is 16.4 Å². The van der Waals surface area contributed by atoms with Crippen molar-refractivity contribution in [2.24, 2.45) is 0 Å². The van der Waals surface area contributed by atoms with Crippen molar-refractivity contribution in [1.29, 1.82) is 0 Å². The van der Waals surface area contributed by atoms with Crippen LogP contribution in [-0.2, 0) is 4.79 Å². The van der Waals surface area contributed by atoms with Crippen LogP contribution >= 0.6 is 27.5 Å². The van der Waals surface area contributed by atoms with Gasteiger partial charge in [-0.15, -0.1) is 0 Å². The second-order valence-corrected chi connectivity index (χ2v) is 4.92. The fourth-order valence-electron chi connectivity index (χ4n) is 1.40. The summed E-state index contributed by atoms with van der Waals surface area (Å²) < 4.78 is 0.664. The van der Waals surface area contributed by atoms with Gasteiger partial charge >= 0.3 is 0 Å². The van der Waals surface area contributed by atoms with Gasteiger partial charge < -0.3 is 10.6 Å². The summed E-state index contributed by atoms with van der Waals surface area (Å²) in [5, 5.41) is 6.32. The van der Waals surface area contributed by atoms with E-state index in [0.717, 1.165) is 6.54 Å². The van der Waals surface area contributed by atoms with E-state index in [-0.39, 0.29) is 11.9 Å². The minimum absolute atomic E-state index is 0.0468. The first kappa shape index (κ1) is 14.4. The average molecular weight is 321 g/mol. The molecule has 1 aromatic heterocycles. The molecule has 0 saturated heterocycles. The highest BCUT2D eigenvalue weighted by Gasteiger charge is 2.09. The fourth-order valence-corrected chi connectivity index (χ4v) is 1.85. The second-order valence-electron chi connectivity index (χ2n) is 3.71. The van der Waals surface area contributed by atoms with Crippen LogP contribution in [0.3, 0.4) is 0 Å². The summed E-state index contributed by atoms with van der Waals surface area (Å²) in [6.45, 7) is 4.83. The van der Waals surface area contributed by atoms with E-state index in [1.165, 1.54) is 6.20 Å². The van der Waals surface area contributed by atoms with Gasteiger partial charge in [0.2, 0.25) is 5.91 Å². The van der Waals surface area contributed by atoms with E-state index in [0.29, 0.717) is 21.7 Å². The Morgan fingerprint density at radius 3 is 2.94 bits per heavy atom. The van der Waals surface area contributed by atoms with Crippen molar-refractivity contribution >= 4 is 39.1 Å². The molecule has 0 aliphatic rings. The molecule has 1 unspecified atom stereocenters. The maximum absolute atomic E-state index is 11.7. The molecule has 1 amide bonds. The van der Waals surface area contributed by atoms with E-state index in [9.17, 15) is 4.79 Å². The molecule has 0 spiro atoms. The number of aromatic nitrogens is 1. The van der Waals surface area contributed by atoms with Crippen LogP contribution in [0.4, 0.5) is 5.69 Å². The predicted octanol–water partition coefficient (Wildman–Crippen LogP) is 2.82. The van der Waals surface area contributed by atoms with Gasteiger partial charge in [0.25, 0.3) is 0 Å². The van der Waals surface area contributed by atoms with Gasteiger partial charge in [-0.3, -0.25) is 4.79 Å². The largest absolute Gasteiger partial charge is 0.325 e. The lowest BCUT2D eigenvalue weighted by Crippen LogP contribution is -2.30. The van der Waals surface area contributed by atoms with Crippen LogP contribution in [0.5, 0.6) is 0 Å². The lowest BCUT2D eigenvalue weighted by atomic mass is 10.2. The number of carbonyl (C=O) groups is 1. The Morgan fingerprint density at radius 1 is 1.65 bits per heavy atom. The number of rotatable bonds is 5. The Labute approximate surface area is 114 Å². The van der Waals surface area contributed by atoms with Crippen LogP contribution in [0.15, 0.2) is 16.7 Å². The van der Waals surface area contributed by atoms with Crippen LogP contribution < -0.4 is 10.6 Å². The quantitative estimate of drug-likeness (QED) is 0.820. The molecule has 17 heavy (non-hydrogen) atoms. The molecule has 0 bridgehead atoms. The Hall–Kier alpha value is -0.650. The number of halogens is 2. The molecule has 0 aromatic carbocycles. The summed E-state index contributed by atoms with van der Waals surface area (Å²) >= 11 is 9.02. The first-order chi connectivity index (χ1) is 8.02. The Kier molecular flexibility index (Phi) is 5.88. The number of carbonyl (C=O) groups excluding carboxylic acids is 1. The molecule has 1 atom stereocenters. The highest BCUT2D eigenvalue weighted by molar-refractivity contribution is 9.10. The van der Waals surface area contributed by atoms with Crippen molar-refractivity contribution in [3.8, 4) is 0 Å². The highest BCUT2D eigenvalue weighted by Crippen LogP contribution is 2.22. The number of nitrogens with one attached hydrogen (secondary N) is 2. The lowest BCUT2D eigenvalue weighted by Gasteiger charge is -2.12. The molecule has 0 fully saturated rings. The molecular weight excluding hydrogens is 305 g/mol. The van der Waals surface area contributed by atoms with Crippen LogP contribution in [0, 0.1) is 0 Å². The number of anilines is 1. The van der Waals surface area contributed by atoms with E-state index in [2.05, 4.69) is 31.5 Å². The zero-order chi connectivity index (χ0) is 12.8. The third-order valence-corrected chi connectivity index (χ3v) is 3.26. The van der Waals surface area contributed by atoms with Crippen LogP contribution in [0.1, 0.15) is 20.3 Å². The average Bonchev–Trinajstić information content (AvgIpc) is 2.23. The van der Waals surface area contributed by atoms with Crippen LogP contribution in [-0.4, -0.2) is 23.5 Å². The van der Waals surface area contributed by atoms with Crippen molar-refractivity contribution in [3.05, 3.63) is 21.9 Å². The summed E-state index contributed by atoms with van der Waals surface area (Å²) in [6, 6.07) is 1.88. The van der Waals surface area contributed by atoms with Crippen LogP contribution in [0.25, 0.3) is 0 Å². The smallest absolute Gasteiger partial charge is 0.225 e. The number of nitrogens with zero attached hydrogens (tertiary/aromatic N) is 1. The molecular formula is C11H15BrClN3O. The fraction of sp³-hybridized carbons (Fsp3) is 0.455. The number of amides is 1. The van der Waals surface area contributed by atoms with Crippen molar-refractivity contribution < 1.29 is 4.79 Å². The summed E-state index contributed by atoms with van der Waals surface area (Å²) in [5.74, 6) is -0.0468. The topological polar surface area (TPSA) is 54.0 Å². The van der Waals surface area contributed by atoms with Gasteiger partial charge in [0, 0.05) is 12.5 Å². The van der Waals surface area contributed by atoms with Crippen molar-refractivity contribution in [2.75, 3.05) is 11.9 Å². The third-order valence-electron chi connectivity index (χ3n) is 2.12. The second kappa shape index (κ2) is 6.93. The molecule has 0 aliphatic heterocycles. The lowest BCUT2D eigenvalue weighted by molar-refractivity contribution is -0.116. The predicted molar refractivity (Wildman–Crippen MR) is 73.3 cm³/mol. The van der Waals surface area contributed by atoms with Crippen LogP contribution in [0.2, 0.25) is 5.15 Å². The normalized spacial score (nSPS) is 12.2. The first-order valence-corrected chi connectivity index (χ1v) is 6.54. The molecule has 1 rings (SSSR count). The molecule has 1 aromatic rings. The van der Waals surface area contributed by atoms with E-state index >= 15 is 0 Å². The molecule has 1 heterocycles. The molecule has 6 heteroatoms. The van der Waals surface area contributed by atoms with E-state index in [1.807, 2.05) is 13.8 Å². The van der Waals surface area contributed by atoms with Gasteiger partial charge in [-0.2, -0.15) is 0 Å². The minimum Gasteiger partial charge on any atom is -0.325 e. The molecule has 0 aliphatic carbocycles. The maximum Gasteiger partial charge on any atom is 0.225 e. The van der Waals surface area contributed by atoms with E-state index in [1.54, 1.807) is 6.07 Å². The number of pyridine rings is 1. The van der Waals surface area contributed by atoms with Crippen molar-refractivity contribution in [1.82, 2.24) is 10.3 Å². The highest BCUT2D eigenvalue weighted by atomic mass is 79.9. The Balaban J connectivity index is 2.53. The number of hydrogen-bond donors (Lipinski definition) is 2. The first-order valence-electron chi connectivity index (χ1n) is 5.37. The van der Waals surface area contributed by atoms with Gasteiger partial charge in [0.1, 0.15) is 5.15 Å². The summed E-state index contributed by atoms with van der Waals surface area (Å²) in [6.07, 6.45) is 1.96. The van der Waals surface area contributed by atoms with Gasteiger partial charge in [-0.25, -0.2) is 4.98 Å². The molecule has 0 radical (unpaired) electrons. The van der Waals surface area contributed by atoms with Gasteiger partial charge in [0.15, 0.2) is 0 Å². The minimum atomic E-state index is -0.0468. The number of hydrogen-bond acceptors (Lipinski definition) is 3. The van der Waals surface area contributed by atoms with Crippen molar-refractivity contribution in [3.63, 3.8) is 0 Å². The SMILES string of the molecule is CCNC(C)CC(=O)Nc1cnc(Cl)c(Br)c1. The standard InChI is InChI=1S/C11H15BrClN3O/c1-3-14-7(2)4-10(17)16-8-5-9(12)11(13)15-6-8/h5-7,14H,3-4H2,1-2H3,(H,16,17). The summed E-state index contributed by atoms with van der Waals surface area (Å²) in [5.41, 5.74) is 0.634. The van der Waals surface area contributed by atoms with E-state index < -0.39 is 0 Å². The molecule has 0 saturated carbocycles. The molecule has 2 N–H and O–H groups in total. The Morgan fingerprint density at radius 2 is 2.35 bits per heavy atom. The Bertz CT molecular complexity index is 400. The maximum atomic E-state index is 11.7. The molecule has 4 nitrogen and oxygen atoms in total. The zero-order valence-electron chi connectivity index (χ0n) is 9.76. The zero-order valence-corrected chi connectivity index (χ0v) is 12.1.